The number of nitrogens with one attached hydrogen (secondary N) is 1. The molecule has 0 saturated heterocycles. The third-order valence-electron chi connectivity index (χ3n) is 3.98. The molecule has 0 bridgehead atoms. The zero-order valence-corrected chi connectivity index (χ0v) is 11.1. The van der Waals surface area contributed by atoms with E-state index < -0.39 is 0 Å². The summed E-state index contributed by atoms with van der Waals surface area (Å²) in [5.74, 6) is 1.39. The van der Waals surface area contributed by atoms with Gasteiger partial charge in [0.15, 0.2) is 0 Å². The number of rotatable bonds is 2. The number of carbonyl (C=O) groups is 1. The average Bonchev–Trinajstić information content (AvgIpc) is 2.98. The fourth-order valence-electron chi connectivity index (χ4n) is 2.77. The molecule has 3 heteroatoms. The smallest absolute Gasteiger partial charge is 0.141 e. The number of hydrogen-bond donors (Lipinski definition) is 1. The molecule has 2 heterocycles. The number of fused-ring (bicyclic) bond motifs is 1. The van der Waals surface area contributed by atoms with Gasteiger partial charge in [0.2, 0.25) is 0 Å². The third kappa shape index (κ3) is 1.95. The van der Waals surface area contributed by atoms with Crippen molar-refractivity contribution < 1.29 is 9.53 Å². The first-order valence-electron chi connectivity index (χ1n) is 6.94. The van der Waals surface area contributed by atoms with Gasteiger partial charge in [-0.1, -0.05) is 6.07 Å². The minimum Gasteiger partial charge on any atom is -0.493 e. The fraction of sp³-hybridized carbons (Fsp3) is 0.235. The summed E-state index contributed by atoms with van der Waals surface area (Å²) >= 11 is 0. The molecule has 0 radical (unpaired) electrons. The zero-order valence-electron chi connectivity index (χ0n) is 11.1. The van der Waals surface area contributed by atoms with E-state index in [-0.39, 0.29) is 5.92 Å². The van der Waals surface area contributed by atoms with Gasteiger partial charge in [0.25, 0.3) is 0 Å². The quantitative estimate of drug-likeness (QED) is 0.904. The van der Waals surface area contributed by atoms with Crippen molar-refractivity contribution in [1.29, 1.82) is 0 Å². The molecule has 1 aliphatic carbocycles. The molecule has 1 N–H and O–H groups in total. The molecule has 2 aliphatic rings. The Labute approximate surface area is 117 Å². The number of ether oxygens (including phenoxy) is 1. The number of benzene rings is 1. The Hall–Kier alpha value is -2.29. The number of H-pyrrole nitrogens is 1. The molecule has 1 atom stereocenters. The molecule has 3 nitrogen and oxygen atoms in total. The van der Waals surface area contributed by atoms with Crippen molar-refractivity contribution in [3.8, 4) is 5.75 Å². The van der Waals surface area contributed by atoms with Gasteiger partial charge in [-0.2, -0.15) is 0 Å². The van der Waals surface area contributed by atoms with E-state index in [1.807, 2.05) is 24.5 Å². The van der Waals surface area contributed by atoms with Crippen LogP contribution in [0.5, 0.6) is 5.75 Å². The normalized spacial score (nSPS) is 22.5. The monoisotopic (exact) mass is 265 g/mol. The standard InChI is InChI=1S/C17H15NO2/c19-16-9-14(16)12-1-2-17-15(8-12)13(4-6-20-17)7-11-3-5-18-10-11/h1-3,5,7-8,10,14,18H,4,6,9H2/b13-7+. The summed E-state index contributed by atoms with van der Waals surface area (Å²) in [5.41, 5.74) is 4.70. The first kappa shape index (κ1) is 11.5. The summed E-state index contributed by atoms with van der Waals surface area (Å²) in [6, 6.07) is 8.20. The molecular formula is C17H15NO2. The van der Waals surface area contributed by atoms with Crippen LogP contribution in [-0.2, 0) is 4.79 Å². The van der Waals surface area contributed by atoms with Crippen LogP contribution in [0.4, 0.5) is 0 Å². The van der Waals surface area contributed by atoms with E-state index in [1.165, 1.54) is 11.1 Å². The molecule has 1 unspecified atom stereocenters. The fourth-order valence-corrected chi connectivity index (χ4v) is 2.77. The predicted octanol–water partition coefficient (Wildman–Crippen LogP) is 3.39. The summed E-state index contributed by atoms with van der Waals surface area (Å²) in [6.07, 6.45) is 7.69. The van der Waals surface area contributed by atoms with Crippen LogP contribution in [0.1, 0.15) is 35.4 Å². The van der Waals surface area contributed by atoms with Crippen LogP contribution >= 0.6 is 0 Å². The van der Waals surface area contributed by atoms with Gasteiger partial charge in [0, 0.05) is 36.7 Å². The van der Waals surface area contributed by atoms with E-state index in [4.69, 9.17) is 4.74 Å². The predicted molar refractivity (Wildman–Crippen MR) is 77.6 cm³/mol. The molecule has 1 fully saturated rings. The van der Waals surface area contributed by atoms with Crippen molar-refractivity contribution in [1.82, 2.24) is 4.98 Å². The highest BCUT2D eigenvalue weighted by molar-refractivity contribution is 6.01. The molecule has 1 aliphatic heterocycles. The molecule has 20 heavy (non-hydrogen) atoms. The lowest BCUT2D eigenvalue weighted by Crippen LogP contribution is -2.08. The van der Waals surface area contributed by atoms with Gasteiger partial charge >= 0.3 is 0 Å². The number of Topliss-reactive ketones (excluding diaryl/α,β-unsaturated/α-hetero) is 1. The highest BCUT2D eigenvalue weighted by atomic mass is 16.5. The lowest BCUT2D eigenvalue weighted by molar-refractivity contribution is -0.110. The maximum Gasteiger partial charge on any atom is 0.141 e. The van der Waals surface area contributed by atoms with Crippen LogP contribution in [0.15, 0.2) is 36.7 Å². The van der Waals surface area contributed by atoms with Crippen molar-refractivity contribution >= 4 is 17.4 Å². The van der Waals surface area contributed by atoms with E-state index >= 15 is 0 Å². The van der Waals surface area contributed by atoms with Gasteiger partial charge in [0.05, 0.1) is 6.61 Å². The van der Waals surface area contributed by atoms with Crippen molar-refractivity contribution in [3.63, 3.8) is 0 Å². The van der Waals surface area contributed by atoms with Crippen molar-refractivity contribution in [2.75, 3.05) is 6.61 Å². The molecule has 1 saturated carbocycles. The van der Waals surface area contributed by atoms with Crippen LogP contribution < -0.4 is 4.74 Å². The second kappa shape index (κ2) is 4.37. The highest BCUT2D eigenvalue weighted by Gasteiger charge is 2.36. The molecule has 2 aromatic rings. The molecule has 4 rings (SSSR count). The van der Waals surface area contributed by atoms with E-state index in [9.17, 15) is 4.79 Å². The number of ketones is 1. The SMILES string of the molecule is O=C1CC1c1ccc2c(c1)/C(=C/c1cc[nH]c1)CCO2. The Morgan fingerprint density at radius 1 is 1.30 bits per heavy atom. The van der Waals surface area contributed by atoms with E-state index in [1.54, 1.807) is 0 Å². The average molecular weight is 265 g/mol. The lowest BCUT2D eigenvalue weighted by Gasteiger charge is -2.21. The zero-order chi connectivity index (χ0) is 13.5. The van der Waals surface area contributed by atoms with Crippen molar-refractivity contribution in [3.05, 3.63) is 53.3 Å². The molecule has 1 aromatic heterocycles. The van der Waals surface area contributed by atoms with Gasteiger partial charge in [-0.3, -0.25) is 4.79 Å². The Balaban J connectivity index is 1.77. The molecule has 100 valence electrons. The highest BCUT2D eigenvalue weighted by Crippen LogP contribution is 2.41. The van der Waals surface area contributed by atoms with Crippen LogP contribution in [0, 0.1) is 0 Å². The summed E-state index contributed by atoms with van der Waals surface area (Å²) in [7, 11) is 0. The van der Waals surface area contributed by atoms with Crippen LogP contribution in [-0.4, -0.2) is 17.4 Å². The number of carbonyl (C=O) groups excluding carboxylic acids is 1. The summed E-state index contributed by atoms with van der Waals surface area (Å²) < 4.78 is 5.72. The minimum atomic E-state index is 0.121. The minimum absolute atomic E-state index is 0.121. The molecule has 1 aromatic carbocycles. The first-order chi connectivity index (χ1) is 9.81. The van der Waals surface area contributed by atoms with E-state index in [0.717, 1.165) is 23.3 Å². The Bertz CT molecular complexity index is 698. The van der Waals surface area contributed by atoms with Gasteiger partial charge in [0.1, 0.15) is 11.5 Å². The maximum atomic E-state index is 11.3. The third-order valence-corrected chi connectivity index (χ3v) is 3.98. The van der Waals surface area contributed by atoms with Crippen LogP contribution in [0.3, 0.4) is 0 Å². The van der Waals surface area contributed by atoms with E-state index in [2.05, 4.69) is 23.2 Å². The summed E-state index contributed by atoms with van der Waals surface area (Å²) in [6.45, 7) is 0.713. The van der Waals surface area contributed by atoms with Gasteiger partial charge in [-0.05, 0) is 41.0 Å². The topological polar surface area (TPSA) is 42.1 Å². The second-order valence-electron chi connectivity index (χ2n) is 5.39. The number of hydrogen-bond acceptors (Lipinski definition) is 2. The van der Waals surface area contributed by atoms with Crippen molar-refractivity contribution in [2.24, 2.45) is 0 Å². The Morgan fingerprint density at radius 2 is 2.20 bits per heavy atom. The van der Waals surface area contributed by atoms with Gasteiger partial charge in [-0.25, -0.2) is 0 Å². The Kier molecular flexibility index (Phi) is 2.52. The van der Waals surface area contributed by atoms with Gasteiger partial charge < -0.3 is 9.72 Å². The molecule has 0 spiro atoms. The summed E-state index contributed by atoms with van der Waals surface area (Å²) in [4.78, 5) is 14.4. The van der Waals surface area contributed by atoms with Crippen molar-refractivity contribution in [2.45, 2.75) is 18.8 Å². The van der Waals surface area contributed by atoms with Gasteiger partial charge in [-0.15, -0.1) is 0 Å². The number of aromatic amines is 1. The lowest BCUT2D eigenvalue weighted by atomic mass is 9.95. The van der Waals surface area contributed by atoms with Crippen LogP contribution in [0.25, 0.3) is 11.6 Å². The van der Waals surface area contributed by atoms with E-state index in [0.29, 0.717) is 18.8 Å². The molecule has 0 amide bonds. The first-order valence-corrected chi connectivity index (χ1v) is 6.94. The second-order valence-corrected chi connectivity index (χ2v) is 5.39. The Morgan fingerprint density at radius 3 is 2.95 bits per heavy atom. The maximum absolute atomic E-state index is 11.3. The number of aromatic nitrogens is 1. The summed E-state index contributed by atoms with van der Waals surface area (Å²) in [5, 5.41) is 0. The van der Waals surface area contributed by atoms with Crippen LogP contribution in [0.2, 0.25) is 0 Å². The molecular weight excluding hydrogens is 250 g/mol. The largest absolute Gasteiger partial charge is 0.493 e.